The van der Waals surface area contributed by atoms with Crippen molar-refractivity contribution in [2.45, 2.75) is 31.7 Å². The summed E-state index contributed by atoms with van der Waals surface area (Å²) in [7, 11) is 0. The summed E-state index contributed by atoms with van der Waals surface area (Å²) in [6.07, 6.45) is 4.23. The highest BCUT2D eigenvalue weighted by Crippen LogP contribution is 2.20. The van der Waals surface area contributed by atoms with E-state index in [1.807, 2.05) is 24.3 Å². The summed E-state index contributed by atoms with van der Waals surface area (Å²) in [6, 6.07) is 7.71. The molecule has 1 aliphatic rings. The minimum atomic E-state index is -0.0864. The molecule has 3 N–H and O–H groups in total. The number of rotatable bonds is 7. The van der Waals surface area contributed by atoms with Crippen LogP contribution < -0.4 is 5.32 Å². The third kappa shape index (κ3) is 4.09. The molecule has 2 aromatic rings. The van der Waals surface area contributed by atoms with Crippen LogP contribution in [0.5, 0.6) is 0 Å². The second-order valence-electron chi connectivity index (χ2n) is 6.39. The lowest BCUT2D eigenvalue weighted by molar-refractivity contribution is 0.0948. The van der Waals surface area contributed by atoms with Crippen LogP contribution in [-0.2, 0) is 0 Å². The average Bonchev–Trinajstić information content (AvgIpc) is 3.20. The molecule has 2 heterocycles. The van der Waals surface area contributed by atoms with E-state index in [0.717, 1.165) is 43.3 Å². The van der Waals surface area contributed by atoms with Crippen molar-refractivity contribution >= 4 is 28.4 Å². The third-order valence-electron chi connectivity index (χ3n) is 4.70. The van der Waals surface area contributed by atoms with E-state index in [2.05, 4.69) is 15.2 Å². The maximum atomic E-state index is 12.2. The highest BCUT2D eigenvalue weighted by atomic mass is 35.5. The molecule has 3 rings (SSSR count). The SMILES string of the molecule is O=C(NCCCCN1CCCC1CO)c1cc2ccc(Cl)cc2[nH]1. The molecule has 0 aliphatic carbocycles. The first kappa shape index (κ1) is 17.3. The quantitative estimate of drug-likeness (QED) is 0.673. The van der Waals surface area contributed by atoms with Crippen LogP contribution in [0.15, 0.2) is 24.3 Å². The highest BCUT2D eigenvalue weighted by Gasteiger charge is 2.22. The smallest absolute Gasteiger partial charge is 0.267 e. The van der Waals surface area contributed by atoms with Crippen molar-refractivity contribution in [3.8, 4) is 0 Å². The molecule has 130 valence electrons. The van der Waals surface area contributed by atoms with Gasteiger partial charge in [-0.1, -0.05) is 17.7 Å². The number of hydrogen-bond acceptors (Lipinski definition) is 3. The first-order valence-electron chi connectivity index (χ1n) is 8.59. The Morgan fingerprint density at radius 1 is 1.38 bits per heavy atom. The van der Waals surface area contributed by atoms with Gasteiger partial charge in [-0.2, -0.15) is 0 Å². The van der Waals surface area contributed by atoms with E-state index in [1.165, 1.54) is 6.42 Å². The van der Waals surface area contributed by atoms with E-state index in [9.17, 15) is 9.90 Å². The summed E-state index contributed by atoms with van der Waals surface area (Å²) in [5, 5.41) is 13.9. The Kier molecular flexibility index (Phi) is 5.76. The maximum absolute atomic E-state index is 12.2. The second-order valence-corrected chi connectivity index (χ2v) is 6.83. The van der Waals surface area contributed by atoms with Crippen molar-refractivity contribution < 1.29 is 9.90 Å². The number of carbonyl (C=O) groups excluding carboxylic acids is 1. The lowest BCUT2D eigenvalue weighted by atomic mass is 10.2. The number of likely N-dealkylation sites (tertiary alicyclic amines) is 1. The summed E-state index contributed by atoms with van der Waals surface area (Å²) >= 11 is 5.96. The van der Waals surface area contributed by atoms with Crippen LogP contribution in [-0.4, -0.2) is 53.2 Å². The number of aliphatic hydroxyl groups is 1. The molecule has 5 nitrogen and oxygen atoms in total. The van der Waals surface area contributed by atoms with Crippen molar-refractivity contribution in [3.05, 3.63) is 35.0 Å². The molecular weight excluding hydrogens is 326 g/mol. The number of halogens is 1. The van der Waals surface area contributed by atoms with Crippen molar-refractivity contribution in [1.82, 2.24) is 15.2 Å². The number of hydrogen-bond donors (Lipinski definition) is 3. The van der Waals surface area contributed by atoms with E-state index >= 15 is 0 Å². The normalized spacial score (nSPS) is 18.3. The van der Waals surface area contributed by atoms with Gasteiger partial charge in [0.2, 0.25) is 0 Å². The summed E-state index contributed by atoms with van der Waals surface area (Å²) in [5.74, 6) is -0.0864. The largest absolute Gasteiger partial charge is 0.395 e. The van der Waals surface area contributed by atoms with Crippen LogP contribution in [0.2, 0.25) is 5.02 Å². The van der Waals surface area contributed by atoms with Crippen LogP contribution >= 0.6 is 11.6 Å². The average molecular weight is 350 g/mol. The lowest BCUT2D eigenvalue weighted by Gasteiger charge is -2.22. The van der Waals surface area contributed by atoms with Gasteiger partial charge in [0.15, 0.2) is 0 Å². The molecule has 0 saturated carbocycles. The van der Waals surface area contributed by atoms with Crippen LogP contribution in [0, 0.1) is 0 Å². The zero-order valence-corrected chi connectivity index (χ0v) is 14.5. The molecule has 0 radical (unpaired) electrons. The first-order valence-corrected chi connectivity index (χ1v) is 8.96. The zero-order chi connectivity index (χ0) is 16.9. The lowest BCUT2D eigenvalue weighted by Crippen LogP contribution is -2.33. The molecule has 6 heteroatoms. The van der Waals surface area contributed by atoms with Gasteiger partial charge in [-0.15, -0.1) is 0 Å². The minimum Gasteiger partial charge on any atom is -0.395 e. The Balaban J connectivity index is 1.42. The van der Waals surface area contributed by atoms with Crippen molar-refractivity contribution in [3.63, 3.8) is 0 Å². The molecule has 0 bridgehead atoms. The van der Waals surface area contributed by atoms with Gasteiger partial charge >= 0.3 is 0 Å². The van der Waals surface area contributed by atoms with Crippen LogP contribution in [0.4, 0.5) is 0 Å². The number of nitrogens with one attached hydrogen (secondary N) is 2. The monoisotopic (exact) mass is 349 g/mol. The number of fused-ring (bicyclic) bond motifs is 1. The molecule has 1 amide bonds. The Labute approximate surface area is 147 Å². The number of carbonyl (C=O) groups is 1. The maximum Gasteiger partial charge on any atom is 0.267 e. The van der Waals surface area contributed by atoms with E-state index in [-0.39, 0.29) is 12.5 Å². The predicted octanol–water partition coefficient (Wildman–Crippen LogP) is 2.79. The molecule has 1 saturated heterocycles. The van der Waals surface area contributed by atoms with Crippen LogP contribution in [0.1, 0.15) is 36.2 Å². The summed E-state index contributed by atoms with van der Waals surface area (Å²) < 4.78 is 0. The Bertz CT molecular complexity index is 701. The van der Waals surface area contributed by atoms with Crippen molar-refractivity contribution in [2.75, 3.05) is 26.2 Å². The minimum absolute atomic E-state index is 0.0864. The fourth-order valence-corrected chi connectivity index (χ4v) is 3.53. The van der Waals surface area contributed by atoms with Crippen LogP contribution in [0.3, 0.4) is 0 Å². The molecule has 24 heavy (non-hydrogen) atoms. The Hall–Kier alpha value is -1.56. The number of amides is 1. The molecule has 1 fully saturated rings. The van der Waals surface area contributed by atoms with Gasteiger partial charge in [-0.25, -0.2) is 0 Å². The molecule has 1 aromatic heterocycles. The number of nitrogens with zero attached hydrogens (tertiary/aromatic N) is 1. The first-order chi connectivity index (χ1) is 11.7. The van der Waals surface area contributed by atoms with Gasteiger partial charge in [0.1, 0.15) is 5.69 Å². The van der Waals surface area contributed by atoms with Gasteiger partial charge in [-0.3, -0.25) is 9.69 Å². The van der Waals surface area contributed by atoms with E-state index in [4.69, 9.17) is 11.6 Å². The highest BCUT2D eigenvalue weighted by molar-refractivity contribution is 6.31. The zero-order valence-electron chi connectivity index (χ0n) is 13.7. The van der Waals surface area contributed by atoms with E-state index in [1.54, 1.807) is 0 Å². The van der Waals surface area contributed by atoms with Gasteiger partial charge in [0, 0.05) is 28.5 Å². The number of unbranched alkanes of at least 4 members (excludes halogenated alkanes) is 1. The standard InChI is InChI=1S/C18H24ClN3O2/c19-14-6-5-13-10-17(21-16(13)11-14)18(24)20-7-1-2-8-22-9-3-4-15(22)12-23/h5-6,10-11,15,21,23H,1-4,7-9,12H2,(H,20,24). The number of benzene rings is 1. The topological polar surface area (TPSA) is 68.4 Å². The summed E-state index contributed by atoms with van der Waals surface area (Å²) in [4.78, 5) is 17.7. The second kappa shape index (κ2) is 8.01. The number of aliphatic hydroxyl groups excluding tert-OH is 1. The van der Waals surface area contributed by atoms with E-state index in [0.29, 0.717) is 23.3 Å². The van der Waals surface area contributed by atoms with Crippen molar-refractivity contribution in [1.29, 1.82) is 0 Å². The fourth-order valence-electron chi connectivity index (χ4n) is 3.35. The van der Waals surface area contributed by atoms with Crippen LogP contribution in [0.25, 0.3) is 10.9 Å². The Morgan fingerprint density at radius 2 is 2.25 bits per heavy atom. The molecule has 1 atom stereocenters. The molecule has 1 aliphatic heterocycles. The molecular formula is C18H24ClN3O2. The predicted molar refractivity (Wildman–Crippen MR) is 96.6 cm³/mol. The third-order valence-corrected chi connectivity index (χ3v) is 4.93. The number of aromatic nitrogens is 1. The number of aromatic amines is 1. The Morgan fingerprint density at radius 3 is 3.08 bits per heavy atom. The van der Waals surface area contributed by atoms with Gasteiger partial charge in [0.05, 0.1) is 6.61 Å². The van der Waals surface area contributed by atoms with Gasteiger partial charge < -0.3 is 15.4 Å². The molecule has 1 aromatic carbocycles. The molecule has 0 spiro atoms. The molecule has 1 unspecified atom stereocenters. The summed E-state index contributed by atoms with van der Waals surface area (Å²) in [6.45, 7) is 2.98. The van der Waals surface area contributed by atoms with E-state index < -0.39 is 0 Å². The number of H-pyrrole nitrogens is 1. The van der Waals surface area contributed by atoms with Gasteiger partial charge in [-0.05, 0) is 57.0 Å². The van der Waals surface area contributed by atoms with Gasteiger partial charge in [0.25, 0.3) is 5.91 Å². The fraction of sp³-hybridized carbons (Fsp3) is 0.500. The van der Waals surface area contributed by atoms with Crippen molar-refractivity contribution in [2.24, 2.45) is 0 Å². The summed E-state index contributed by atoms with van der Waals surface area (Å²) in [5.41, 5.74) is 1.43.